The number of carboxylic acids is 1. The summed E-state index contributed by atoms with van der Waals surface area (Å²) in [7, 11) is 0. The normalized spacial score (nSPS) is 17.6. The van der Waals surface area contributed by atoms with Gasteiger partial charge in [-0.25, -0.2) is 4.79 Å². The maximum absolute atomic E-state index is 11.2. The van der Waals surface area contributed by atoms with Crippen LogP contribution in [-0.2, 0) is 19.3 Å². The van der Waals surface area contributed by atoms with Crippen molar-refractivity contribution in [2.75, 3.05) is 0 Å². The van der Waals surface area contributed by atoms with E-state index in [1.807, 2.05) is 12.1 Å². The van der Waals surface area contributed by atoms with Gasteiger partial charge in [0, 0.05) is 12.0 Å². The number of carboxylic acid groups (broad SMARTS) is 1. The highest BCUT2D eigenvalue weighted by Crippen LogP contribution is 2.41. The minimum Gasteiger partial charge on any atom is -0.486 e. The van der Waals surface area contributed by atoms with Crippen molar-refractivity contribution in [2.24, 2.45) is 0 Å². The highest BCUT2D eigenvalue weighted by atomic mass is 16.5. The molecule has 0 spiro atoms. The quantitative estimate of drug-likeness (QED) is 0.467. The van der Waals surface area contributed by atoms with E-state index in [2.05, 4.69) is 56.3 Å². The van der Waals surface area contributed by atoms with Crippen LogP contribution in [0.5, 0.6) is 5.75 Å². The van der Waals surface area contributed by atoms with Crippen molar-refractivity contribution in [1.29, 1.82) is 0 Å². The van der Waals surface area contributed by atoms with Crippen molar-refractivity contribution >= 4 is 5.97 Å². The maximum atomic E-state index is 11.2. The molecule has 0 aliphatic carbocycles. The van der Waals surface area contributed by atoms with Crippen LogP contribution in [0.3, 0.4) is 0 Å². The molecule has 3 aromatic carbocycles. The molecule has 4 rings (SSSR count). The molecule has 0 radical (unpaired) electrons. The van der Waals surface area contributed by atoms with Gasteiger partial charge in [-0.2, -0.15) is 0 Å². The zero-order valence-corrected chi connectivity index (χ0v) is 18.4. The third-order valence-corrected chi connectivity index (χ3v) is 6.23. The Kier molecular flexibility index (Phi) is 6.13. The monoisotopic (exact) mass is 414 g/mol. The van der Waals surface area contributed by atoms with Crippen molar-refractivity contribution in [3.8, 4) is 16.9 Å². The van der Waals surface area contributed by atoms with Gasteiger partial charge in [-0.1, -0.05) is 67.9 Å². The fourth-order valence-electron chi connectivity index (χ4n) is 4.38. The summed E-state index contributed by atoms with van der Waals surface area (Å²) in [5.41, 5.74) is 5.94. The second kappa shape index (κ2) is 8.97. The number of fused-ring (bicyclic) bond motifs is 1. The molecular formula is C28H30O3. The highest BCUT2D eigenvalue weighted by Gasteiger charge is 2.33. The second-order valence-corrected chi connectivity index (χ2v) is 8.83. The molecular weight excluding hydrogens is 384 g/mol. The molecule has 0 aromatic heterocycles. The van der Waals surface area contributed by atoms with Crippen molar-refractivity contribution in [3.05, 3.63) is 89.0 Å². The number of rotatable bonds is 7. The van der Waals surface area contributed by atoms with Crippen LogP contribution in [0.15, 0.2) is 66.7 Å². The number of hydrogen-bond donors (Lipinski definition) is 1. The molecule has 3 aromatic rings. The average Bonchev–Trinajstić information content (AvgIpc) is 2.78. The largest absolute Gasteiger partial charge is 0.486 e. The molecule has 1 aliphatic rings. The number of benzene rings is 3. The van der Waals surface area contributed by atoms with Crippen molar-refractivity contribution in [3.63, 3.8) is 0 Å². The Morgan fingerprint density at radius 2 is 1.71 bits per heavy atom. The summed E-state index contributed by atoms with van der Waals surface area (Å²) in [5.74, 6) is 0.0186. The first kappa shape index (κ1) is 21.2. The van der Waals surface area contributed by atoms with Gasteiger partial charge in [0.2, 0.25) is 0 Å². The molecule has 1 unspecified atom stereocenters. The Morgan fingerprint density at radius 3 is 2.39 bits per heavy atom. The minimum atomic E-state index is -0.911. The first-order chi connectivity index (χ1) is 15.0. The Labute approximate surface area is 184 Å². The number of aryl methyl sites for hydroxylation is 2. The predicted octanol–water partition coefficient (Wildman–Crippen LogP) is 6.72. The lowest BCUT2D eigenvalue weighted by Gasteiger charge is -2.37. The SMILES string of the molecule is CCCCc1ccc(CC2(C)CCc3cccc(-c4ccc(C(=O)O)cc4)c3O2)cc1. The molecule has 0 bridgehead atoms. The van der Waals surface area contributed by atoms with Gasteiger partial charge in [-0.05, 0) is 67.0 Å². The van der Waals surface area contributed by atoms with Gasteiger partial charge in [0.15, 0.2) is 0 Å². The van der Waals surface area contributed by atoms with Crippen molar-refractivity contribution in [2.45, 2.75) is 58.0 Å². The lowest BCUT2D eigenvalue weighted by molar-refractivity contribution is 0.0661. The average molecular weight is 415 g/mol. The topological polar surface area (TPSA) is 46.5 Å². The van der Waals surface area contributed by atoms with Gasteiger partial charge in [0.1, 0.15) is 11.4 Å². The van der Waals surface area contributed by atoms with Gasteiger partial charge < -0.3 is 9.84 Å². The summed E-state index contributed by atoms with van der Waals surface area (Å²) in [6, 6.07) is 22.3. The van der Waals surface area contributed by atoms with E-state index in [4.69, 9.17) is 4.74 Å². The summed E-state index contributed by atoms with van der Waals surface area (Å²) in [4.78, 5) is 11.2. The van der Waals surface area contributed by atoms with Gasteiger partial charge >= 0.3 is 5.97 Å². The summed E-state index contributed by atoms with van der Waals surface area (Å²) >= 11 is 0. The predicted molar refractivity (Wildman–Crippen MR) is 125 cm³/mol. The number of aromatic carboxylic acids is 1. The van der Waals surface area contributed by atoms with E-state index in [1.54, 1.807) is 12.1 Å². The minimum absolute atomic E-state index is 0.269. The number of unbranched alkanes of at least 4 members (excludes halogenated alkanes) is 1. The molecule has 0 saturated heterocycles. The number of para-hydroxylation sites is 1. The third-order valence-electron chi connectivity index (χ3n) is 6.23. The van der Waals surface area contributed by atoms with E-state index in [0.29, 0.717) is 5.56 Å². The van der Waals surface area contributed by atoms with Crippen LogP contribution in [0.25, 0.3) is 11.1 Å². The molecule has 160 valence electrons. The van der Waals surface area contributed by atoms with Gasteiger partial charge in [-0.15, -0.1) is 0 Å². The molecule has 0 fully saturated rings. The third kappa shape index (κ3) is 4.82. The standard InChI is InChI=1S/C28H30O3/c1-3-4-6-20-9-11-21(12-10-20)19-28(2)18-17-23-7-5-8-25(26(23)31-28)22-13-15-24(16-14-22)27(29)30/h5,7-16H,3-4,6,17-19H2,1-2H3,(H,29,30). The highest BCUT2D eigenvalue weighted by molar-refractivity contribution is 5.88. The summed E-state index contributed by atoms with van der Waals surface area (Å²) in [5, 5.41) is 9.18. The van der Waals surface area contributed by atoms with E-state index in [9.17, 15) is 9.90 Å². The van der Waals surface area contributed by atoms with E-state index < -0.39 is 5.97 Å². The summed E-state index contributed by atoms with van der Waals surface area (Å²) < 4.78 is 6.67. The molecule has 3 heteroatoms. The van der Waals surface area contributed by atoms with Crippen LogP contribution < -0.4 is 4.74 Å². The smallest absolute Gasteiger partial charge is 0.335 e. The van der Waals surface area contributed by atoms with E-state index in [-0.39, 0.29) is 5.60 Å². The Balaban J connectivity index is 1.56. The van der Waals surface area contributed by atoms with Crippen LogP contribution in [0, 0.1) is 0 Å². The second-order valence-electron chi connectivity index (χ2n) is 8.83. The first-order valence-corrected chi connectivity index (χ1v) is 11.2. The van der Waals surface area contributed by atoms with Crippen LogP contribution >= 0.6 is 0 Å². The zero-order valence-electron chi connectivity index (χ0n) is 18.4. The van der Waals surface area contributed by atoms with Crippen LogP contribution in [-0.4, -0.2) is 16.7 Å². The molecule has 3 nitrogen and oxygen atoms in total. The number of ether oxygens (including phenoxy) is 1. The van der Waals surface area contributed by atoms with Crippen LogP contribution in [0.1, 0.15) is 60.2 Å². The number of hydrogen-bond acceptors (Lipinski definition) is 2. The molecule has 1 atom stereocenters. The molecule has 0 saturated carbocycles. The molecule has 1 N–H and O–H groups in total. The lowest BCUT2D eigenvalue weighted by Crippen LogP contribution is -2.38. The maximum Gasteiger partial charge on any atom is 0.335 e. The number of carbonyl (C=O) groups is 1. The lowest BCUT2D eigenvalue weighted by atomic mass is 9.85. The molecule has 0 amide bonds. The van der Waals surface area contributed by atoms with Gasteiger partial charge in [0.05, 0.1) is 5.56 Å². The zero-order chi connectivity index (χ0) is 21.8. The van der Waals surface area contributed by atoms with Crippen LogP contribution in [0.4, 0.5) is 0 Å². The molecule has 1 aliphatic heterocycles. The van der Waals surface area contributed by atoms with E-state index in [0.717, 1.165) is 42.6 Å². The summed E-state index contributed by atoms with van der Waals surface area (Å²) in [6.07, 6.45) is 6.40. The first-order valence-electron chi connectivity index (χ1n) is 11.2. The fraction of sp³-hybridized carbons (Fsp3) is 0.321. The van der Waals surface area contributed by atoms with Crippen molar-refractivity contribution < 1.29 is 14.6 Å². The fourth-order valence-corrected chi connectivity index (χ4v) is 4.38. The van der Waals surface area contributed by atoms with E-state index in [1.165, 1.54) is 29.5 Å². The van der Waals surface area contributed by atoms with E-state index >= 15 is 0 Å². The van der Waals surface area contributed by atoms with Crippen LogP contribution in [0.2, 0.25) is 0 Å². The molecule has 31 heavy (non-hydrogen) atoms. The van der Waals surface area contributed by atoms with Gasteiger partial charge in [0.25, 0.3) is 0 Å². The Hall–Kier alpha value is -3.07. The van der Waals surface area contributed by atoms with Crippen molar-refractivity contribution in [1.82, 2.24) is 0 Å². The Morgan fingerprint density at radius 1 is 1.00 bits per heavy atom. The Bertz CT molecular complexity index is 1050. The summed E-state index contributed by atoms with van der Waals surface area (Å²) in [6.45, 7) is 4.42. The van der Waals surface area contributed by atoms with Gasteiger partial charge in [-0.3, -0.25) is 0 Å². The molecule has 1 heterocycles.